The van der Waals surface area contributed by atoms with Crippen molar-refractivity contribution in [3.8, 4) is 0 Å². The van der Waals surface area contributed by atoms with Crippen LogP contribution < -0.4 is 0 Å². The molecular weight excluding hydrogens is 186 g/mol. The van der Waals surface area contributed by atoms with E-state index in [2.05, 4.69) is 6.58 Å². The van der Waals surface area contributed by atoms with E-state index in [9.17, 15) is 14.9 Å². The van der Waals surface area contributed by atoms with E-state index in [4.69, 9.17) is 4.74 Å². The van der Waals surface area contributed by atoms with Crippen LogP contribution in [0.4, 0.5) is 0 Å². The molecule has 0 aliphatic heterocycles. The van der Waals surface area contributed by atoms with Gasteiger partial charge in [-0.1, -0.05) is 6.08 Å². The van der Waals surface area contributed by atoms with Crippen LogP contribution in [-0.4, -0.2) is 23.9 Å². The van der Waals surface area contributed by atoms with Crippen molar-refractivity contribution in [1.29, 1.82) is 0 Å². The van der Waals surface area contributed by atoms with Crippen molar-refractivity contribution in [3.05, 3.63) is 34.5 Å². The van der Waals surface area contributed by atoms with Gasteiger partial charge in [-0.25, -0.2) is 0 Å². The second-order valence-corrected chi connectivity index (χ2v) is 3.03. The lowest BCUT2D eigenvalue weighted by atomic mass is 9.91. The molecule has 2 unspecified atom stereocenters. The van der Waals surface area contributed by atoms with Crippen molar-refractivity contribution in [2.24, 2.45) is 5.92 Å². The van der Waals surface area contributed by atoms with E-state index in [1.165, 1.54) is 13.2 Å². The van der Waals surface area contributed by atoms with E-state index in [1.807, 2.05) is 0 Å². The van der Waals surface area contributed by atoms with Gasteiger partial charge in [-0.2, -0.15) is 0 Å². The Bertz CT molecular complexity index is 308. The van der Waals surface area contributed by atoms with Gasteiger partial charge in [0, 0.05) is 19.1 Å². The minimum atomic E-state index is -0.719. The summed E-state index contributed by atoms with van der Waals surface area (Å²) >= 11 is 0. The van der Waals surface area contributed by atoms with Gasteiger partial charge < -0.3 is 4.74 Å². The normalized spacial score (nSPS) is 26.9. The Morgan fingerprint density at radius 2 is 2.43 bits per heavy atom. The standard InChI is InChI=1S/C9H11NO4/c1-3-6-4-7(10(12)13)9(11)8(5-6)14-2/h3-4,6,8H,1,5H2,2H3. The van der Waals surface area contributed by atoms with Gasteiger partial charge in [0.15, 0.2) is 0 Å². The molecule has 0 aromatic rings. The molecule has 0 heterocycles. The topological polar surface area (TPSA) is 69.4 Å². The fourth-order valence-electron chi connectivity index (χ4n) is 1.39. The fourth-order valence-corrected chi connectivity index (χ4v) is 1.39. The van der Waals surface area contributed by atoms with E-state index in [-0.39, 0.29) is 5.92 Å². The summed E-state index contributed by atoms with van der Waals surface area (Å²) in [5, 5.41) is 10.5. The lowest BCUT2D eigenvalue weighted by Crippen LogP contribution is -2.33. The van der Waals surface area contributed by atoms with Gasteiger partial charge in [-0.05, 0) is 6.42 Å². The number of hydrogen-bond acceptors (Lipinski definition) is 4. The third-order valence-electron chi connectivity index (χ3n) is 2.19. The van der Waals surface area contributed by atoms with Crippen LogP contribution in [0.3, 0.4) is 0 Å². The first-order chi connectivity index (χ1) is 6.60. The highest BCUT2D eigenvalue weighted by atomic mass is 16.6. The largest absolute Gasteiger partial charge is 0.373 e. The lowest BCUT2D eigenvalue weighted by molar-refractivity contribution is -0.420. The van der Waals surface area contributed by atoms with Gasteiger partial charge in [-0.15, -0.1) is 6.58 Å². The number of carbonyl (C=O) groups excluding carboxylic acids is 1. The number of rotatable bonds is 3. The van der Waals surface area contributed by atoms with Crippen LogP contribution in [0.2, 0.25) is 0 Å². The SMILES string of the molecule is C=CC1C=C([N+](=O)[O-])C(=O)C(OC)C1. The highest BCUT2D eigenvalue weighted by Crippen LogP contribution is 2.23. The van der Waals surface area contributed by atoms with Crippen LogP contribution in [0.25, 0.3) is 0 Å². The van der Waals surface area contributed by atoms with Gasteiger partial charge in [-0.3, -0.25) is 14.9 Å². The molecule has 1 aliphatic rings. The third kappa shape index (κ3) is 1.88. The number of nitrogens with zero attached hydrogens (tertiary/aromatic N) is 1. The molecule has 0 saturated carbocycles. The zero-order valence-corrected chi connectivity index (χ0v) is 7.80. The fraction of sp³-hybridized carbons (Fsp3) is 0.444. The van der Waals surface area contributed by atoms with Crippen molar-refractivity contribution < 1.29 is 14.5 Å². The maximum absolute atomic E-state index is 11.4. The number of ether oxygens (including phenoxy) is 1. The van der Waals surface area contributed by atoms with Gasteiger partial charge in [0.1, 0.15) is 6.10 Å². The van der Waals surface area contributed by atoms with Crippen LogP contribution >= 0.6 is 0 Å². The summed E-state index contributed by atoms with van der Waals surface area (Å²) in [6, 6.07) is 0. The Labute approximate surface area is 81.2 Å². The van der Waals surface area contributed by atoms with E-state index in [0.717, 1.165) is 0 Å². The second kappa shape index (κ2) is 4.15. The molecule has 0 amide bonds. The first-order valence-corrected chi connectivity index (χ1v) is 4.16. The molecule has 5 nitrogen and oxygen atoms in total. The summed E-state index contributed by atoms with van der Waals surface area (Å²) in [5.74, 6) is -0.728. The van der Waals surface area contributed by atoms with E-state index < -0.39 is 22.5 Å². The minimum absolute atomic E-state index is 0.168. The van der Waals surface area contributed by atoms with Gasteiger partial charge >= 0.3 is 5.70 Å². The summed E-state index contributed by atoms with van der Waals surface area (Å²) in [6.45, 7) is 3.54. The maximum atomic E-state index is 11.4. The van der Waals surface area contributed by atoms with Crippen molar-refractivity contribution in [2.75, 3.05) is 7.11 Å². The third-order valence-corrected chi connectivity index (χ3v) is 2.19. The quantitative estimate of drug-likeness (QED) is 0.383. The highest BCUT2D eigenvalue weighted by molar-refractivity contribution is 5.97. The summed E-state index contributed by atoms with van der Waals surface area (Å²) in [5.41, 5.74) is -0.395. The number of Topliss-reactive ketones (excluding diaryl/α,β-unsaturated/α-hetero) is 1. The monoisotopic (exact) mass is 197 g/mol. The molecule has 0 fully saturated rings. The Hall–Kier alpha value is -1.49. The van der Waals surface area contributed by atoms with Crippen molar-refractivity contribution >= 4 is 5.78 Å². The molecule has 1 rings (SSSR count). The minimum Gasteiger partial charge on any atom is -0.373 e. The van der Waals surface area contributed by atoms with Crippen molar-refractivity contribution in [2.45, 2.75) is 12.5 Å². The molecule has 0 spiro atoms. The maximum Gasteiger partial charge on any atom is 0.311 e. The van der Waals surface area contributed by atoms with Crippen LogP contribution in [0.5, 0.6) is 0 Å². The number of hydrogen-bond donors (Lipinski definition) is 0. The van der Waals surface area contributed by atoms with Crippen molar-refractivity contribution in [3.63, 3.8) is 0 Å². The zero-order valence-electron chi connectivity index (χ0n) is 7.80. The Balaban J connectivity index is 3.00. The average Bonchev–Trinajstić information content (AvgIpc) is 2.17. The zero-order chi connectivity index (χ0) is 10.7. The predicted octanol–water partition coefficient (Wildman–Crippen LogP) is 0.937. The molecule has 0 bridgehead atoms. The molecule has 0 aromatic heterocycles. The molecule has 76 valence electrons. The Morgan fingerprint density at radius 3 is 2.86 bits per heavy atom. The molecule has 0 aromatic carbocycles. The first kappa shape index (κ1) is 10.6. The van der Waals surface area contributed by atoms with E-state index >= 15 is 0 Å². The Morgan fingerprint density at radius 1 is 1.79 bits per heavy atom. The number of methoxy groups -OCH3 is 1. The molecule has 2 atom stereocenters. The summed E-state index contributed by atoms with van der Waals surface area (Å²) < 4.78 is 4.87. The van der Waals surface area contributed by atoms with Gasteiger partial charge in [0.05, 0.1) is 4.92 Å². The van der Waals surface area contributed by atoms with Crippen LogP contribution in [0.1, 0.15) is 6.42 Å². The van der Waals surface area contributed by atoms with Crippen LogP contribution in [-0.2, 0) is 9.53 Å². The number of ketones is 1. The molecule has 5 heteroatoms. The first-order valence-electron chi connectivity index (χ1n) is 4.16. The van der Waals surface area contributed by atoms with Gasteiger partial charge in [0.25, 0.3) is 5.78 Å². The van der Waals surface area contributed by atoms with Crippen LogP contribution in [0.15, 0.2) is 24.4 Å². The average molecular weight is 197 g/mol. The number of carbonyl (C=O) groups is 1. The number of allylic oxidation sites excluding steroid dienone is 2. The molecule has 1 aliphatic carbocycles. The van der Waals surface area contributed by atoms with Crippen LogP contribution in [0, 0.1) is 16.0 Å². The van der Waals surface area contributed by atoms with E-state index in [1.54, 1.807) is 6.08 Å². The lowest BCUT2D eigenvalue weighted by Gasteiger charge is -2.20. The molecular formula is C9H11NO4. The highest BCUT2D eigenvalue weighted by Gasteiger charge is 2.36. The smallest absolute Gasteiger partial charge is 0.311 e. The molecule has 0 saturated heterocycles. The second-order valence-electron chi connectivity index (χ2n) is 3.03. The summed E-state index contributed by atoms with van der Waals surface area (Å²) in [7, 11) is 1.37. The Kier molecular flexibility index (Phi) is 3.14. The van der Waals surface area contributed by atoms with E-state index in [0.29, 0.717) is 6.42 Å². The number of nitro groups is 1. The molecule has 14 heavy (non-hydrogen) atoms. The summed E-state index contributed by atoms with van der Waals surface area (Å²) in [6.07, 6.45) is 2.60. The molecule has 0 radical (unpaired) electrons. The summed E-state index contributed by atoms with van der Waals surface area (Å²) in [4.78, 5) is 21.2. The van der Waals surface area contributed by atoms with Crippen molar-refractivity contribution in [1.82, 2.24) is 0 Å². The van der Waals surface area contributed by atoms with Gasteiger partial charge in [0.2, 0.25) is 0 Å². The molecule has 0 N–H and O–H groups in total. The predicted molar refractivity (Wildman–Crippen MR) is 49.2 cm³/mol.